The van der Waals surface area contributed by atoms with Crippen molar-refractivity contribution < 1.29 is 14.4 Å². The first-order valence-corrected chi connectivity index (χ1v) is 5.96. The van der Waals surface area contributed by atoms with E-state index in [0.29, 0.717) is 24.1 Å². The molecule has 2 amide bonds. The molecule has 18 heavy (non-hydrogen) atoms. The van der Waals surface area contributed by atoms with Gasteiger partial charge in [-0.1, -0.05) is 19.0 Å². The van der Waals surface area contributed by atoms with Crippen LogP contribution >= 0.6 is 0 Å². The summed E-state index contributed by atoms with van der Waals surface area (Å²) in [5, 5.41) is 18.4. The number of urea groups is 1. The van der Waals surface area contributed by atoms with Gasteiger partial charge < -0.3 is 20.3 Å². The highest BCUT2D eigenvalue weighted by atomic mass is 16.5. The van der Waals surface area contributed by atoms with Crippen LogP contribution < -0.4 is 10.6 Å². The number of aromatic nitrogens is 2. The average Bonchev–Trinajstić information content (AvgIpc) is 2.69. The number of aliphatic hydroxyl groups is 1. The molecule has 0 aliphatic carbocycles. The van der Waals surface area contributed by atoms with Crippen molar-refractivity contribution in [1.29, 1.82) is 0 Å². The maximum absolute atomic E-state index is 11.4. The van der Waals surface area contributed by atoms with Gasteiger partial charge in [0, 0.05) is 13.5 Å². The fourth-order valence-corrected chi connectivity index (χ4v) is 1.47. The Morgan fingerprint density at radius 3 is 2.72 bits per heavy atom. The molecule has 1 aromatic rings. The zero-order valence-corrected chi connectivity index (χ0v) is 10.9. The van der Waals surface area contributed by atoms with Crippen molar-refractivity contribution in [2.75, 3.05) is 6.54 Å². The lowest BCUT2D eigenvalue weighted by Gasteiger charge is -2.13. The first-order valence-electron chi connectivity index (χ1n) is 5.96. The van der Waals surface area contributed by atoms with Crippen LogP contribution in [-0.4, -0.2) is 33.9 Å². The molecule has 0 aliphatic heterocycles. The standard InChI is InChI=1S/C11H20N4O3/c1-7(2)4-9(16)5-12-11(17)13-6-10-14-8(3)18-15-10/h7,9,16H,4-6H2,1-3H3,(H2,12,13,17). The Morgan fingerprint density at radius 2 is 2.17 bits per heavy atom. The second-order valence-corrected chi connectivity index (χ2v) is 4.58. The van der Waals surface area contributed by atoms with Crippen LogP contribution in [0.25, 0.3) is 0 Å². The Balaban J connectivity index is 2.18. The van der Waals surface area contributed by atoms with Crippen LogP contribution in [0.3, 0.4) is 0 Å². The smallest absolute Gasteiger partial charge is 0.315 e. The number of carbonyl (C=O) groups excluding carboxylic acids is 1. The molecular weight excluding hydrogens is 236 g/mol. The largest absolute Gasteiger partial charge is 0.391 e. The lowest BCUT2D eigenvalue weighted by molar-refractivity contribution is 0.146. The van der Waals surface area contributed by atoms with Gasteiger partial charge in [0.15, 0.2) is 5.82 Å². The van der Waals surface area contributed by atoms with Gasteiger partial charge in [-0.05, 0) is 12.3 Å². The molecule has 1 heterocycles. The molecule has 1 aromatic heterocycles. The van der Waals surface area contributed by atoms with E-state index in [1.54, 1.807) is 6.92 Å². The van der Waals surface area contributed by atoms with Crippen LogP contribution in [0.2, 0.25) is 0 Å². The predicted molar refractivity (Wildman–Crippen MR) is 64.7 cm³/mol. The highest BCUT2D eigenvalue weighted by Gasteiger charge is 2.09. The Bertz CT molecular complexity index is 378. The molecule has 0 radical (unpaired) electrons. The van der Waals surface area contributed by atoms with E-state index < -0.39 is 6.10 Å². The van der Waals surface area contributed by atoms with Crippen molar-refractivity contribution in [3.63, 3.8) is 0 Å². The summed E-state index contributed by atoms with van der Waals surface area (Å²) in [6.45, 7) is 6.14. The molecule has 0 saturated heterocycles. The molecule has 1 rings (SSSR count). The lowest BCUT2D eigenvalue weighted by Crippen LogP contribution is -2.39. The summed E-state index contributed by atoms with van der Waals surface area (Å²) in [5.41, 5.74) is 0. The zero-order valence-electron chi connectivity index (χ0n) is 10.9. The van der Waals surface area contributed by atoms with Gasteiger partial charge in [-0.25, -0.2) is 4.79 Å². The number of amides is 2. The minimum Gasteiger partial charge on any atom is -0.391 e. The van der Waals surface area contributed by atoms with E-state index in [1.807, 2.05) is 13.8 Å². The molecule has 0 aromatic carbocycles. The number of nitrogens with zero attached hydrogens (tertiary/aromatic N) is 2. The average molecular weight is 256 g/mol. The van der Waals surface area contributed by atoms with Gasteiger partial charge in [0.25, 0.3) is 0 Å². The maximum Gasteiger partial charge on any atom is 0.315 e. The van der Waals surface area contributed by atoms with Gasteiger partial charge in [-0.2, -0.15) is 4.98 Å². The van der Waals surface area contributed by atoms with Crippen LogP contribution in [0.4, 0.5) is 4.79 Å². The van der Waals surface area contributed by atoms with Crippen molar-refractivity contribution in [2.24, 2.45) is 5.92 Å². The van der Waals surface area contributed by atoms with Gasteiger partial charge in [0.1, 0.15) is 0 Å². The first-order chi connectivity index (χ1) is 8.47. The zero-order chi connectivity index (χ0) is 13.5. The van der Waals surface area contributed by atoms with Crippen LogP contribution in [-0.2, 0) is 6.54 Å². The number of aryl methyl sites for hydroxylation is 1. The summed E-state index contributed by atoms with van der Waals surface area (Å²) in [6.07, 6.45) is 0.132. The quantitative estimate of drug-likeness (QED) is 0.691. The van der Waals surface area contributed by atoms with Crippen LogP contribution in [0.5, 0.6) is 0 Å². The van der Waals surface area contributed by atoms with E-state index in [0.717, 1.165) is 0 Å². The number of nitrogens with one attached hydrogen (secondary N) is 2. The SMILES string of the molecule is Cc1nc(CNC(=O)NCC(O)CC(C)C)no1. The molecule has 0 spiro atoms. The van der Waals surface area contributed by atoms with Crippen LogP contribution in [0.15, 0.2) is 4.52 Å². The summed E-state index contributed by atoms with van der Waals surface area (Å²) < 4.78 is 4.77. The highest BCUT2D eigenvalue weighted by molar-refractivity contribution is 5.73. The van der Waals surface area contributed by atoms with E-state index in [9.17, 15) is 9.90 Å². The van der Waals surface area contributed by atoms with Crippen molar-refractivity contribution in [3.8, 4) is 0 Å². The molecule has 7 nitrogen and oxygen atoms in total. The molecule has 102 valence electrons. The second-order valence-electron chi connectivity index (χ2n) is 4.58. The van der Waals surface area contributed by atoms with Crippen molar-refractivity contribution in [1.82, 2.24) is 20.8 Å². The van der Waals surface area contributed by atoms with E-state index in [1.165, 1.54) is 0 Å². The number of aliphatic hydroxyl groups excluding tert-OH is 1. The van der Waals surface area contributed by atoms with Crippen molar-refractivity contribution in [2.45, 2.75) is 39.8 Å². The lowest BCUT2D eigenvalue weighted by atomic mass is 10.1. The summed E-state index contributed by atoms with van der Waals surface area (Å²) in [5.74, 6) is 1.28. The van der Waals surface area contributed by atoms with Gasteiger partial charge in [-0.15, -0.1) is 0 Å². The van der Waals surface area contributed by atoms with Gasteiger partial charge in [0.2, 0.25) is 5.89 Å². The van der Waals surface area contributed by atoms with E-state index >= 15 is 0 Å². The number of carbonyl (C=O) groups is 1. The normalized spacial score (nSPS) is 12.5. The molecule has 3 N–H and O–H groups in total. The predicted octanol–water partition coefficient (Wildman–Crippen LogP) is 0.584. The summed E-state index contributed by atoms with van der Waals surface area (Å²) in [7, 11) is 0. The van der Waals surface area contributed by atoms with Crippen molar-refractivity contribution in [3.05, 3.63) is 11.7 Å². The number of hydrogen-bond acceptors (Lipinski definition) is 5. The molecule has 0 aliphatic rings. The maximum atomic E-state index is 11.4. The summed E-state index contributed by atoms with van der Waals surface area (Å²) in [4.78, 5) is 15.3. The topological polar surface area (TPSA) is 100 Å². The van der Waals surface area contributed by atoms with Crippen molar-refractivity contribution >= 4 is 6.03 Å². The highest BCUT2D eigenvalue weighted by Crippen LogP contribution is 2.03. The fraction of sp³-hybridized carbons (Fsp3) is 0.727. The fourth-order valence-electron chi connectivity index (χ4n) is 1.47. The Hall–Kier alpha value is -1.63. The summed E-state index contributed by atoms with van der Waals surface area (Å²) >= 11 is 0. The molecule has 0 bridgehead atoms. The van der Waals surface area contributed by atoms with E-state index in [4.69, 9.17) is 4.52 Å². The number of hydrogen-bond donors (Lipinski definition) is 3. The third-order valence-corrected chi connectivity index (χ3v) is 2.22. The van der Waals surface area contributed by atoms with E-state index in [-0.39, 0.29) is 19.1 Å². The Labute approximate surface area is 106 Å². The molecular formula is C11H20N4O3. The third-order valence-electron chi connectivity index (χ3n) is 2.22. The molecule has 1 unspecified atom stereocenters. The Kier molecular flexibility index (Phi) is 5.57. The molecule has 0 fully saturated rings. The molecule has 0 saturated carbocycles. The second kappa shape index (κ2) is 6.95. The number of rotatable bonds is 6. The Morgan fingerprint density at radius 1 is 1.44 bits per heavy atom. The van der Waals surface area contributed by atoms with Crippen LogP contribution in [0, 0.1) is 12.8 Å². The van der Waals surface area contributed by atoms with Gasteiger partial charge in [0.05, 0.1) is 12.6 Å². The molecule has 7 heteroatoms. The third kappa shape index (κ3) is 5.62. The molecule has 1 atom stereocenters. The first kappa shape index (κ1) is 14.4. The van der Waals surface area contributed by atoms with Gasteiger partial charge >= 0.3 is 6.03 Å². The summed E-state index contributed by atoms with van der Waals surface area (Å²) in [6, 6.07) is -0.361. The minimum absolute atomic E-state index is 0.198. The van der Waals surface area contributed by atoms with E-state index in [2.05, 4.69) is 20.8 Å². The minimum atomic E-state index is -0.525. The van der Waals surface area contributed by atoms with Gasteiger partial charge in [-0.3, -0.25) is 0 Å². The monoisotopic (exact) mass is 256 g/mol. The van der Waals surface area contributed by atoms with Crippen LogP contribution in [0.1, 0.15) is 32.0 Å².